The van der Waals surface area contributed by atoms with Gasteiger partial charge in [0.25, 0.3) is 0 Å². The smallest absolute Gasteiger partial charge is 0.220 e. The Morgan fingerprint density at radius 3 is 2.59 bits per heavy atom. The summed E-state index contributed by atoms with van der Waals surface area (Å²) in [5.41, 5.74) is 6.14. The van der Waals surface area contributed by atoms with Crippen LogP contribution >= 0.6 is 24.8 Å². The summed E-state index contributed by atoms with van der Waals surface area (Å²) >= 11 is 0. The second-order valence-electron chi connectivity index (χ2n) is 7.03. The van der Waals surface area contributed by atoms with Crippen LogP contribution in [0.3, 0.4) is 0 Å². The molecule has 2 aliphatic heterocycles. The van der Waals surface area contributed by atoms with Crippen molar-refractivity contribution in [1.29, 1.82) is 0 Å². The highest BCUT2D eigenvalue weighted by molar-refractivity contribution is 5.85. The van der Waals surface area contributed by atoms with E-state index in [4.69, 9.17) is 5.73 Å². The van der Waals surface area contributed by atoms with E-state index in [1.54, 1.807) is 0 Å². The van der Waals surface area contributed by atoms with E-state index in [2.05, 4.69) is 10.2 Å². The summed E-state index contributed by atoms with van der Waals surface area (Å²) in [6.45, 7) is 2.43. The van der Waals surface area contributed by atoms with Gasteiger partial charge >= 0.3 is 0 Å². The van der Waals surface area contributed by atoms with Gasteiger partial charge in [-0.15, -0.1) is 24.8 Å². The highest BCUT2D eigenvalue weighted by Gasteiger charge is 2.32. The van der Waals surface area contributed by atoms with Crippen molar-refractivity contribution >= 4 is 30.7 Å². The molecule has 2 heterocycles. The van der Waals surface area contributed by atoms with E-state index in [-0.39, 0.29) is 36.8 Å². The van der Waals surface area contributed by atoms with Crippen LogP contribution in [0.4, 0.5) is 0 Å². The summed E-state index contributed by atoms with van der Waals surface area (Å²) in [6.07, 6.45) is 10.3. The third-order valence-electron chi connectivity index (χ3n) is 5.60. The monoisotopic (exact) mass is 351 g/mol. The fourth-order valence-corrected chi connectivity index (χ4v) is 4.37. The molecule has 3 N–H and O–H groups in total. The van der Waals surface area contributed by atoms with Crippen LogP contribution in [0.5, 0.6) is 0 Å². The number of rotatable bonds is 3. The SMILES string of the molecule is Cl.Cl.NC1CCCCC1CC(=O)NC1CCN2CCCC2C1. The first-order valence-electron chi connectivity index (χ1n) is 8.51. The molecule has 0 bridgehead atoms. The number of nitrogens with two attached hydrogens (primary N) is 1. The molecule has 0 aromatic heterocycles. The average molecular weight is 352 g/mol. The second-order valence-corrected chi connectivity index (χ2v) is 7.03. The molecular weight excluding hydrogens is 321 g/mol. The van der Waals surface area contributed by atoms with E-state index in [1.165, 1.54) is 38.8 Å². The molecule has 1 amide bonds. The molecule has 4 nitrogen and oxygen atoms in total. The van der Waals surface area contributed by atoms with Crippen LogP contribution in [0.15, 0.2) is 0 Å². The summed E-state index contributed by atoms with van der Waals surface area (Å²) in [5.74, 6) is 0.652. The molecule has 3 fully saturated rings. The van der Waals surface area contributed by atoms with Gasteiger partial charge in [0.2, 0.25) is 5.91 Å². The van der Waals surface area contributed by atoms with Crippen LogP contribution in [-0.2, 0) is 4.79 Å². The van der Waals surface area contributed by atoms with Gasteiger partial charge in [0.05, 0.1) is 0 Å². The highest BCUT2D eigenvalue weighted by atomic mass is 35.5. The Kier molecular flexibility index (Phi) is 8.47. The number of nitrogens with zero attached hydrogens (tertiary/aromatic N) is 1. The lowest BCUT2D eigenvalue weighted by atomic mass is 9.82. The van der Waals surface area contributed by atoms with E-state index >= 15 is 0 Å². The minimum Gasteiger partial charge on any atom is -0.353 e. The van der Waals surface area contributed by atoms with E-state index in [9.17, 15) is 4.79 Å². The molecule has 1 saturated carbocycles. The number of halogens is 2. The lowest BCUT2D eigenvalue weighted by molar-refractivity contribution is -0.123. The van der Waals surface area contributed by atoms with Crippen molar-refractivity contribution in [3.8, 4) is 0 Å². The van der Waals surface area contributed by atoms with Gasteiger partial charge in [-0.25, -0.2) is 0 Å². The second kappa shape index (κ2) is 9.31. The van der Waals surface area contributed by atoms with Crippen LogP contribution in [0.1, 0.15) is 57.8 Å². The topological polar surface area (TPSA) is 58.4 Å². The molecule has 0 spiro atoms. The Morgan fingerprint density at radius 2 is 1.82 bits per heavy atom. The molecule has 22 heavy (non-hydrogen) atoms. The molecular formula is C16H31Cl2N3O. The van der Waals surface area contributed by atoms with Gasteiger partial charge in [-0.2, -0.15) is 0 Å². The Balaban J connectivity index is 0.00000121. The normalized spacial score (nSPS) is 35.0. The number of hydrogen-bond acceptors (Lipinski definition) is 3. The third kappa shape index (κ3) is 4.98. The molecule has 4 unspecified atom stereocenters. The fraction of sp³-hybridized carbons (Fsp3) is 0.938. The molecule has 0 aromatic carbocycles. The molecule has 2 saturated heterocycles. The molecule has 1 aliphatic carbocycles. The number of carbonyl (C=O) groups is 1. The molecule has 0 aromatic rings. The van der Waals surface area contributed by atoms with Crippen molar-refractivity contribution in [3.05, 3.63) is 0 Å². The summed E-state index contributed by atoms with van der Waals surface area (Å²) < 4.78 is 0. The first-order chi connectivity index (χ1) is 9.72. The van der Waals surface area contributed by atoms with Gasteiger partial charge in [0.15, 0.2) is 0 Å². The van der Waals surface area contributed by atoms with E-state index in [0.29, 0.717) is 18.4 Å². The summed E-state index contributed by atoms with van der Waals surface area (Å²) in [5, 5.41) is 3.28. The van der Waals surface area contributed by atoms with Gasteiger partial charge in [0, 0.05) is 31.1 Å². The van der Waals surface area contributed by atoms with Gasteiger partial charge < -0.3 is 16.0 Å². The van der Waals surface area contributed by atoms with E-state index < -0.39 is 0 Å². The van der Waals surface area contributed by atoms with Gasteiger partial charge in [0.1, 0.15) is 0 Å². The average Bonchev–Trinajstić information content (AvgIpc) is 2.89. The summed E-state index contributed by atoms with van der Waals surface area (Å²) in [4.78, 5) is 14.8. The van der Waals surface area contributed by atoms with Crippen molar-refractivity contribution in [2.24, 2.45) is 11.7 Å². The van der Waals surface area contributed by atoms with Crippen molar-refractivity contribution < 1.29 is 4.79 Å². The van der Waals surface area contributed by atoms with Crippen molar-refractivity contribution in [2.75, 3.05) is 13.1 Å². The van der Waals surface area contributed by atoms with Crippen LogP contribution in [0.25, 0.3) is 0 Å². The molecule has 6 heteroatoms. The molecule has 3 aliphatic rings. The van der Waals surface area contributed by atoms with Crippen molar-refractivity contribution in [2.45, 2.75) is 75.9 Å². The minimum absolute atomic E-state index is 0. The number of carbonyl (C=O) groups excluding carboxylic acids is 1. The van der Waals surface area contributed by atoms with Crippen molar-refractivity contribution in [1.82, 2.24) is 10.2 Å². The lowest BCUT2D eigenvalue weighted by Gasteiger charge is -2.35. The number of hydrogen-bond donors (Lipinski definition) is 2. The number of fused-ring (bicyclic) bond motifs is 1. The van der Waals surface area contributed by atoms with Crippen LogP contribution < -0.4 is 11.1 Å². The Labute approximate surface area is 146 Å². The Hall–Kier alpha value is -0.0300. The van der Waals surface area contributed by atoms with Crippen molar-refractivity contribution in [3.63, 3.8) is 0 Å². The first kappa shape index (κ1) is 20.0. The van der Waals surface area contributed by atoms with Gasteiger partial charge in [-0.05, 0) is 51.0 Å². The zero-order valence-corrected chi connectivity index (χ0v) is 15.0. The van der Waals surface area contributed by atoms with Gasteiger partial charge in [-0.1, -0.05) is 12.8 Å². The number of nitrogens with one attached hydrogen (secondary N) is 1. The summed E-state index contributed by atoms with van der Waals surface area (Å²) in [6, 6.07) is 1.37. The van der Waals surface area contributed by atoms with E-state index in [1.807, 2.05) is 0 Å². The number of piperidine rings is 1. The largest absolute Gasteiger partial charge is 0.353 e. The quantitative estimate of drug-likeness (QED) is 0.820. The van der Waals surface area contributed by atoms with Crippen LogP contribution in [-0.4, -0.2) is 42.0 Å². The summed E-state index contributed by atoms with van der Waals surface area (Å²) in [7, 11) is 0. The zero-order chi connectivity index (χ0) is 13.9. The molecule has 3 rings (SSSR count). The lowest BCUT2D eigenvalue weighted by Crippen LogP contribution is -2.48. The predicted octanol–water partition coefficient (Wildman–Crippen LogP) is 2.48. The predicted molar refractivity (Wildman–Crippen MR) is 94.8 cm³/mol. The van der Waals surface area contributed by atoms with Gasteiger partial charge in [-0.3, -0.25) is 4.79 Å². The molecule has 0 radical (unpaired) electrons. The molecule has 130 valence electrons. The first-order valence-corrected chi connectivity index (χ1v) is 8.51. The minimum atomic E-state index is 0. The maximum atomic E-state index is 12.2. The number of amides is 1. The third-order valence-corrected chi connectivity index (χ3v) is 5.60. The Bertz CT molecular complexity index is 356. The maximum Gasteiger partial charge on any atom is 0.220 e. The zero-order valence-electron chi connectivity index (χ0n) is 13.3. The molecule has 4 atom stereocenters. The van der Waals surface area contributed by atoms with E-state index in [0.717, 1.165) is 31.7 Å². The maximum absolute atomic E-state index is 12.2. The fourth-order valence-electron chi connectivity index (χ4n) is 4.37. The Morgan fingerprint density at radius 1 is 1.05 bits per heavy atom. The van der Waals surface area contributed by atoms with Crippen LogP contribution in [0.2, 0.25) is 0 Å². The highest BCUT2D eigenvalue weighted by Crippen LogP contribution is 2.28. The van der Waals surface area contributed by atoms with Crippen LogP contribution in [0, 0.1) is 5.92 Å². The standard InChI is InChI=1S/C16H29N3O.2ClH/c17-15-6-2-1-4-12(15)10-16(20)18-13-7-9-19-8-3-5-14(19)11-13;;/h12-15H,1-11,17H2,(H,18,20);2*1H.